The molecule has 0 amide bonds. The molecule has 18 heavy (non-hydrogen) atoms. The molecule has 0 atom stereocenters. The van der Waals surface area contributed by atoms with E-state index in [-0.39, 0.29) is 10.9 Å². The summed E-state index contributed by atoms with van der Waals surface area (Å²) in [4.78, 5) is 0.927. The van der Waals surface area contributed by atoms with E-state index in [0.29, 0.717) is 4.99 Å². The quantitative estimate of drug-likeness (QED) is 0.864. The number of rotatable bonds is 4. The lowest BCUT2D eigenvalue weighted by Crippen LogP contribution is -2.33. The highest BCUT2D eigenvalue weighted by atomic mass is 32.2. The van der Waals surface area contributed by atoms with Crippen LogP contribution in [0.5, 0.6) is 0 Å². The average molecular weight is 286 g/mol. The largest absolute Gasteiger partial charge is 0.350 e. The molecular weight excluding hydrogens is 268 g/mol. The molecule has 1 N–H and O–H groups in total. The van der Waals surface area contributed by atoms with Crippen LogP contribution in [0.2, 0.25) is 0 Å². The van der Waals surface area contributed by atoms with Crippen molar-refractivity contribution in [1.29, 1.82) is 0 Å². The first-order valence-corrected chi connectivity index (χ1v) is 7.45. The highest BCUT2D eigenvalue weighted by Crippen LogP contribution is 2.18. The van der Waals surface area contributed by atoms with E-state index in [1.807, 2.05) is 13.8 Å². The molecule has 4 nitrogen and oxygen atoms in total. The van der Waals surface area contributed by atoms with Gasteiger partial charge >= 0.3 is 0 Å². The van der Waals surface area contributed by atoms with Gasteiger partial charge in [0.2, 0.25) is 10.0 Å². The number of benzene rings is 1. The van der Waals surface area contributed by atoms with Crippen LogP contribution < -0.4 is 5.32 Å². The van der Waals surface area contributed by atoms with E-state index >= 15 is 0 Å². The van der Waals surface area contributed by atoms with Gasteiger partial charge in [0, 0.05) is 18.8 Å². The SMILES string of the molecule is CC(=S)Nc1ccc(S(=O)(=O)N(C)C(C)C)cc1. The molecule has 0 aliphatic carbocycles. The minimum absolute atomic E-state index is 0.0731. The highest BCUT2D eigenvalue weighted by Gasteiger charge is 2.22. The van der Waals surface area contributed by atoms with E-state index in [1.165, 1.54) is 4.31 Å². The maximum Gasteiger partial charge on any atom is 0.243 e. The third kappa shape index (κ3) is 3.51. The molecular formula is C12H18N2O2S2. The van der Waals surface area contributed by atoms with Gasteiger partial charge < -0.3 is 5.32 Å². The predicted molar refractivity (Wildman–Crippen MR) is 78.4 cm³/mol. The van der Waals surface area contributed by atoms with Gasteiger partial charge in [-0.2, -0.15) is 4.31 Å². The summed E-state index contributed by atoms with van der Waals surface area (Å²) in [5, 5.41) is 2.96. The zero-order chi connectivity index (χ0) is 13.9. The van der Waals surface area contributed by atoms with Crippen LogP contribution in [0, 0.1) is 0 Å². The summed E-state index contributed by atoms with van der Waals surface area (Å²) in [5.41, 5.74) is 0.786. The van der Waals surface area contributed by atoms with Crippen LogP contribution >= 0.6 is 12.2 Å². The summed E-state index contributed by atoms with van der Waals surface area (Å²) >= 11 is 4.92. The van der Waals surface area contributed by atoms with Crippen LogP contribution in [0.15, 0.2) is 29.2 Å². The molecule has 0 heterocycles. The van der Waals surface area contributed by atoms with Gasteiger partial charge in [-0.1, -0.05) is 12.2 Å². The fraction of sp³-hybridized carbons (Fsp3) is 0.417. The van der Waals surface area contributed by atoms with Crippen LogP contribution in [0.3, 0.4) is 0 Å². The van der Waals surface area contributed by atoms with Crippen molar-refractivity contribution in [3.63, 3.8) is 0 Å². The summed E-state index contributed by atoms with van der Waals surface area (Å²) < 4.78 is 25.7. The topological polar surface area (TPSA) is 49.4 Å². The van der Waals surface area contributed by atoms with E-state index in [1.54, 1.807) is 38.2 Å². The lowest BCUT2D eigenvalue weighted by Gasteiger charge is -2.21. The molecule has 0 saturated carbocycles. The fourth-order valence-electron chi connectivity index (χ4n) is 1.36. The third-order valence-electron chi connectivity index (χ3n) is 2.58. The zero-order valence-corrected chi connectivity index (χ0v) is 12.6. The number of hydrogen-bond acceptors (Lipinski definition) is 3. The Morgan fingerprint density at radius 1 is 1.28 bits per heavy atom. The second-order valence-corrected chi connectivity index (χ2v) is 6.93. The molecule has 1 aromatic rings. The monoisotopic (exact) mass is 286 g/mol. The normalized spacial score (nSPS) is 11.9. The van der Waals surface area contributed by atoms with Crippen molar-refractivity contribution in [1.82, 2.24) is 4.31 Å². The van der Waals surface area contributed by atoms with E-state index in [4.69, 9.17) is 12.2 Å². The van der Waals surface area contributed by atoms with Crippen molar-refractivity contribution >= 4 is 32.9 Å². The first-order valence-electron chi connectivity index (χ1n) is 5.61. The molecule has 1 aromatic carbocycles. The molecule has 100 valence electrons. The second-order valence-electron chi connectivity index (χ2n) is 4.32. The fourth-order valence-corrected chi connectivity index (χ4v) is 2.84. The number of nitrogens with one attached hydrogen (secondary N) is 1. The summed E-state index contributed by atoms with van der Waals surface area (Å²) in [6.07, 6.45) is 0. The number of thiocarbonyl (C=S) groups is 1. The molecule has 0 saturated heterocycles. The Morgan fingerprint density at radius 2 is 1.78 bits per heavy atom. The summed E-state index contributed by atoms with van der Waals surface area (Å²) in [5.74, 6) is 0. The van der Waals surface area contributed by atoms with E-state index in [2.05, 4.69) is 5.32 Å². The zero-order valence-electron chi connectivity index (χ0n) is 11.0. The molecule has 0 fully saturated rings. The van der Waals surface area contributed by atoms with Gasteiger partial charge in [-0.05, 0) is 45.0 Å². The van der Waals surface area contributed by atoms with Gasteiger partial charge in [-0.25, -0.2) is 8.42 Å². The number of nitrogens with zero attached hydrogens (tertiary/aromatic N) is 1. The Morgan fingerprint density at radius 3 is 2.17 bits per heavy atom. The van der Waals surface area contributed by atoms with Crippen molar-refractivity contribution < 1.29 is 8.42 Å². The van der Waals surface area contributed by atoms with Crippen molar-refractivity contribution in [3.05, 3.63) is 24.3 Å². The van der Waals surface area contributed by atoms with E-state index in [0.717, 1.165) is 5.69 Å². The molecule has 0 aliphatic rings. The maximum absolute atomic E-state index is 12.2. The minimum Gasteiger partial charge on any atom is -0.350 e. The van der Waals surface area contributed by atoms with Gasteiger partial charge in [0.15, 0.2) is 0 Å². The summed E-state index contributed by atoms with van der Waals surface area (Å²) in [7, 11) is -1.83. The van der Waals surface area contributed by atoms with Gasteiger partial charge in [-0.15, -0.1) is 0 Å². The predicted octanol–water partition coefficient (Wildman–Crippen LogP) is 2.47. The minimum atomic E-state index is -3.41. The Bertz CT molecular complexity index is 522. The molecule has 0 aromatic heterocycles. The van der Waals surface area contributed by atoms with Crippen LogP contribution in [0.4, 0.5) is 5.69 Å². The average Bonchev–Trinajstić information content (AvgIpc) is 2.27. The molecule has 0 bridgehead atoms. The maximum atomic E-state index is 12.2. The van der Waals surface area contributed by atoms with Crippen molar-refractivity contribution in [2.45, 2.75) is 31.7 Å². The first-order chi connectivity index (χ1) is 8.25. The van der Waals surface area contributed by atoms with Crippen LogP contribution in [0.1, 0.15) is 20.8 Å². The summed E-state index contributed by atoms with van der Waals surface area (Å²) in [6.45, 7) is 5.44. The van der Waals surface area contributed by atoms with Crippen LogP contribution in [0.25, 0.3) is 0 Å². The Balaban J connectivity index is 3.01. The molecule has 6 heteroatoms. The standard InChI is InChI=1S/C12H18N2O2S2/c1-9(2)14(4)18(15,16)12-7-5-11(6-8-12)13-10(3)17/h5-9H,1-4H3,(H,13,17). The van der Waals surface area contributed by atoms with E-state index < -0.39 is 10.0 Å². The van der Waals surface area contributed by atoms with Crippen molar-refractivity contribution in [3.8, 4) is 0 Å². The van der Waals surface area contributed by atoms with Crippen LogP contribution in [-0.2, 0) is 10.0 Å². The summed E-state index contributed by atoms with van der Waals surface area (Å²) in [6, 6.07) is 6.49. The Hall–Kier alpha value is -0.980. The van der Waals surface area contributed by atoms with Gasteiger partial charge in [-0.3, -0.25) is 0 Å². The van der Waals surface area contributed by atoms with Crippen molar-refractivity contribution in [2.24, 2.45) is 0 Å². The Kier molecular flexibility index (Phi) is 4.84. The van der Waals surface area contributed by atoms with Gasteiger partial charge in [0.25, 0.3) is 0 Å². The number of hydrogen-bond donors (Lipinski definition) is 1. The van der Waals surface area contributed by atoms with Gasteiger partial charge in [0.05, 0.1) is 9.88 Å². The van der Waals surface area contributed by atoms with Crippen LogP contribution in [-0.4, -0.2) is 30.8 Å². The number of sulfonamides is 1. The molecule has 0 radical (unpaired) electrons. The van der Waals surface area contributed by atoms with E-state index in [9.17, 15) is 8.42 Å². The first kappa shape index (κ1) is 15.1. The lowest BCUT2D eigenvalue weighted by atomic mass is 10.3. The second kappa shape index (κ2) is 5.77. The van der Waals surface area contributed by atoms with Crippen molar-refractivity contribution in [2.75, 3.05) is 12.4 Å². The number of anilines is 1. The molecule has 0 spiro atoms. The molecule has 0 aliphatic heterocycles. The lowest BCUT2D eigenvalue weighted by molar-refractivity contribution is 0.410. The van der Waals surface area contributed by atoms with Gasteiger partial charge in [0.1, 0.15) is 0 Å². The molecule has 0 unspecified atom stereocenters. The Labute approximate surface area is 114 Å². The third-order valence-corrected chi connectivity index (χ3v) is 4.73. The smallest absolute Gasteiger partial charge is 0.243 e. The molecule has 1 rings (SSSR count). The highest BCUT2D eigenvalue weighted by molar-refractivity contribution is 7.89.